The maximum Gasteiger partial charge on any atom is 0.253 e. The number of nitrogens with zero attached hydrogens (tertiary/aromatic N) is 2. The predicted molar refractivity (Wildman–Crippen MR) is 121 cm³/mol. The summed E-state index contributed by atoms with van der Waals surface area (Å²) in [5, 5.41) is 10.4. The lowest BCUT2D eigenvalue weighted by atomic mass is 9.86. The first kappa shape index (κ1) is 20.6. The van der Waals surface area contributed by atoms with E-state index in [2.05, 4.69) is 29.0 Å². The maximum atomic E-state index is 13.3. The molecular formula is C26H28N2O4. The molecule has 1 saturated heterocycles. The van der Waals surface area contributed by atoms with Crippen LogP contribution in [0.5, 0.6) is 11.5 Å². The number of para-hydroxylation sites is 2. The van der Waals surface area contributed by atoms with Gasteiger partial charge in [0.2, 0.25) is 0 Å². The number of carbonyl (C=O) groups is 1. The molecule has 0 radical (unpaired) electrons. The number of piperidine rings is 1. The molecule has 2 aliphatic heterocycles. The van der Waals surface area contributed by atoms with Gasteiger partial charge in [0, 0.05) is 43.3 Å². The van der Waals surface area contributed by atoms with Crippen LogP contribution in [-0.4, -0.2) is 40.7 Å². The molecule has 1 N–H and O–H groups in total. The molecular weight excluding hydrogens is 404 g/mol. The minimum Gasteiger partial charge on any atom is -0.496 e. The monoisotopic (exact) mass is 432 g/mol. The number of fused-ring (bicyclic) bond motifs is 4. The van der Waals surface area contributed by atoms with Crippen molar-refractivity contribution in [3.8, 4) is 17.2 Å². The molecule has 0 atom stereocenters. The Morgan fingerprint density at radius 1 is 1.09 bits per heavy atom. The molecule has 2 aromatic carbocycles. The number of carbonyl (C=O) groups excluding carboxylic acids is 1. The molecule has 6 heteroatoms. The summed E-state index contributed by atoms with van der Waals surface area (Å²) >= 11 is 0. The van der Waals surface area contributed by atoms with Crippen molar-refractivity contribution >= 4 is 5.91 Å². The largest absolute Gasteiger partial charge is 0.496 e. The Morgan fingerprint density at radius 2 is 1.84 bits per heavy atom. The zero-order valence-electron chi connectivity index (χ0n) is 18.7. The third-order valence-corrected chi connectivity index (χ3v) is 6.61. The molecule has 1 fully saturated rings. The SMILES string of the molecule is COc1cc(C(=O)N2CCC3(CC2)Oc2ccccc2-n2cccc23)ccc1C(C)(C)O. The molecule has 32 heavy (non-hydrogen) atoms. The Bertz CT molecular complexity index is 1170. The summed E-state index contributed by atoms with van der Waals surface area (Å²) in [7, 11) is 1.55. The van der Waals surface area contributed by atoms with Crippen LogP contribution in [0.2, 0.25) is 0 Å². The minimum atomic E-state index is -1.05. The highest BCUT2D eigenvalue weighted by Crippen LogP contribution is 2.45. The van der Waals surface area contributed by atoms with Crippen LogP contribution in [0.4, 0.5) is 0 Å². The van der Waals surface area contributed by atoms with Gasteiger partial charge in [-0.15, -0.1) is 0 Å². The molecule has 3 aromatic rings. The summed E-state index contributed by atoms with van der Waals surface area (Å²) < 4.78 is 14.2. The van der Waals surface area contributed by atoms with Gasteiger partial charge in [-0.3, -0.25) is 4.79 Å². The van der Waals surface area contributed by atoms with Crippen molar-refractivity contribution in [1.82, 2.24) is 9.47 Å². The molecule has 0 bridgehead atoms. The third kappa shape index (κ3) is 3.26. The van der Waals surface area contributed by atoms with Crippen LogP contribution in [0.15, 0.2) is 60.8 Å². The minimum absolute atomic E-state index is 0.0351. The van der Waals surface area contributed by atoms with E-state index in [1.165, 1.54) is 0 Å². The van der Waals surface area contributed by atoms with Crippen LogP contribution in [0.25, 0.3) is 5.69 Å². The van der Waals surface area contributed by atoms with Gasteiger partial charge in [-0.25, -0.2) is 0 Å². The second-order valence-electron chi connectivity index (χ2n) is 9.09. The molecule has 1 aromatic heterocycles. The second-order valence-corrected chi connectivity index (χ2v) is 9.09. The van der Waals surface area contributed by atoms with E-state index in [1.807, 2.05) is 23.1 Å². The zero-order valence-corrected chi connectivity index (χ0v) is 18.7. The fourth-order valence-electron chi connectivity index (χ4n) is 4.91. The van der Waals surface area contributed by atoms with E-state index in [4.69, 9.17) is 9.47 Å². The first-order valence-electron chi connectivity index (χ1n) is 11.0. The summed E-state index contributed by atoms with van der Waals surface area (Å²) in [6.07, 6.45) is 3.51. The first-order chi connectivity index (χ1) is 15.3. The molecule has 0 unspecified atom stereocenters. The van der Waals surface area contributed by atoms with Crippen LogP contribution < -0.4 is 9.47 Å². The molecule has 1 amide bonds. The molecule has 2 aliphatic rings. The second kappa shape index (κ2) is 7.41. The predicted octanol–water partition coefficient (Wildman–Crippen LogP) is 4.24. The van der Waals surface area contributed by atoms with Gasteiger partial charge in [0.25, 0.3) is 5.91 Å². The molecule has 1 spiro atoms. The van der Waals surface area contributed by atoms with E-state index < -0.39 is 11.2 Å². The molecule has 6 nitrogen and oxygen atoms in total. The zero-order chi connectivity index (χ0) is 22.5. The van der Waals surface area contributed by atoms with Crippen molar-refractivity contribution in [2.45, 2.75) is 37.9 Å². The maximum absolute atomic E-state index is 13.3. The Morgan fingerprint density at radius 3 is 2.56 bits per heavy atom. The molecule has 3 heterocycles. The van der Waals surface area contributed by atoms with Crippen LogP contribution >= 0.6 is 0 Å². The lowest BCUT2D eigenvalue weighted by Gasteiger charge is -2.45. The standard InChI is InChI=1S/C26H28N2O4/c1-25(2,30)19-11-10-18(17-22(19)31-3)24(29)27-15-12-26(13-16-27)23-9-6-14-28(23)20-7-4-5-8-21(20)32-26/h4-11,14,17,30H,12-13,15-16H2,1-3H3. The Kier molecular flexibility index (Phi) is 4.78. The van der Waals surface area contributed by atoms with E-state index in [0.717, 1.165) is 30.0 Å². The highest BCUT2D eigenvalue weighted by molar-refractivity contribution is 5.95. The van der Waals surface area contributed by atoms with Crippen molar-refractivity contribution in [2.24, 2.45) is 0 Å². The quantitative estimate of drug-likeness (QED) is 0.673. The van der Waals surface area contributed by atoms with E-state index in [1.54, 1.807) is 39.2 Å². The fraction of sp³-hybridized carbons (Fsp3) is 0.346. The third-order valence-electron chi connectivity index (χ3n) is 6.61. The number of likely N-dealkylation sites (tertiary alicyclic amines) is 1. The molecule has 166 valence electrons. The summed E-state index contributed by atoms with van der Waals surface area (Å²) in [5.74, 6) is 1.36. The van der Waals surface area contributed by atoms with Gasteiger partial charge < -0.3 is 24.0 Å². The van der Waals surface area contributed by atoms with Crippen LogP contribution in [-0.2, 0) is 11.2 Å². The van der Waals surface area contributed by atoms with Crippen LogP contribution in [0.1, 0.15) is 48.3 Å². The average molecular weight is 433 g/mol. The smallest absolute Gasteiger partial charge is 0.253 e. The first-order valence-corrected chi connectivity index (χ1v) is 11.0. The lowest BCUT2D eigenvalue weighted by Crippen LogP contribution is -2.50. The lowest BCUT2D eigenvalue weighted by molar-refractivity contribution is -0.00933. The van der Waals surface area contributed by atoms with E-state index in [-0.39, 0.29) is 5.91 Å². The Balaban J connectivity index is 1.37. The van der Waals surface area contributed by atoms with E-state index in [0.29, 0.717) is 30.0 Å². The summed E-state index contributed by atoms with van der Waals surface area (Å²) in [6, 6.07) is 17.5. The number of benzene rings is 2. The van der Waals surface area contributed by atoms with Crippen molar-refractivity contribution < 1.29 is 19.4 Å². The fourth-order valence-corrected chi connectivity index (χ4v) is 4.91. The average Bonchev–Trinajstić information content (AvgIpc) is 3.30. The normalized spacial score (nSPS) is 16.8. The van der Waals surface area contributed by atoms with Crippen molar-refractivity contribution in [1.29, 1.82) is 0 Å². The van der Waals surface area contributed by atoms with Gasteiger partial charge in [-0.05, 0) is 50.2 Å². The number of hydrogen-bond donors (Lipinski definition) is 1. The highest BCUT2D eigenvalue weighted by atomic mass is 16.5. The van der Waals surface area contributed by atoms with Gasteiger partial charge in [-0.1, -0.05) is 18.2 Å². The topological polar surface area (TPSA) is 63.9 Å². The summed E-state index contributed by atoms with van der Waals surface area (Å²) in [5.41, 5.74) is 1.92. The summed E-state index contributed by atoms with van der Waals surface area (Å²) in [4.78, 5) is 15.1. The van der Waals surface area contributed by atoms with Gasteiger partial charge in [-0.2, -0.15) is 0 Å². The van der Waals surface area contributed by atoms with Gasteiger partial charge >= 0.3 is 0 Å². The number of hydrogen-bond acceptors (Lipinski definition) is 4. The summed E-state index contributed by atoms with van der Waals surface area (Å²) in [6.45, 7) is 4.60. The molecule has 5 rings (SSSR count). The van der Waals surface area contributed by atoms with Gasteiger partial charge in [0.15, 0.2) is 5.60 Å². The molecule has 0 saturated carbocycles. The highest BCUT2D eigenvalue weighted by Gasteiger charge is 2.44. The number of amides is 1. The van der Waals surface area contributed by atoms with E-state index >= 15 is 0 Å². The number of aliphatic hydroxyl groups is 1. The van der Waals surface area contributed by atoms with Crippen LogP contribution in [0, 0.1) is 0 Å². The number of rotatable bonds is 3. The molecule has 0 aliphatic carbocycles. The number of aromatic nitrogens is 1. The Hall–Kier alpha value is -3.25. The Labute approximate surface area is 188 Å². The number of ether oxygens (including phenoxy) is 2. The van der Waals surface area contributed by atoms with Crippen molar-refractivity contribution in [2.75, 3.05) is 20.2 Å². The van der Waals surface area contributed by atoms with Crippen molar-refractivity contribution in [3.63, 3.8) is 0 Å². The number of methoxy groups -OCH3 is 1. The van der Waals surface area contributed by atoms with Gasteiger partial charge in [0.1, 0.15) is 11.5 Å². The van der Waals surface area contributed by atoms with Gasteiger partial charge in [0.05, 0.1) is 24.1 Å². The van der Waals surface area contributed by atoms with Crippen molar-refractivity contribution in [3.05, 3.63) is 77.6 Å². The van der Waals surface area contributed by atoms with E-state index in [9.17, 15) is 9.90 Å². The van der Waals surface area contributed by atoms with Crippen LogP contribution in [0.3, 0.4) is 0 Å².